The van der Waals surface area contributed by atoms with Crippen molar-refractivity contribution in [2.45, 2.75) is 71.1 Å². The van der Waals surface area contributed by atoms with E-state index in [-0.39, 0.29) is 6.09 Å². The minimum absolute atomic E-state index is 0.190. The molecule has 1 aliphatic rings. The summed E-state index contributed by atoms with van der Waals surface area (Å²) in [7, 11) is 0. The van der Waals surface area contributed by atoms with Gasteiger partial charge in [-0.25, -0.2) is 4.79 Å². The van der Waals surface area contributed by atoms with E-state index in [0.717, 1.165) is 38.8 Å². The Labute approximate surface area is 145 Å². The molecule has 1 aromatic rings. The minimum Gasteiger partial charge on any atom is -0.444 e. The SMILES string of the molecule is CC[C@@H](N[C@H]1CCCN(C(=O)OC(C)(C)C)CC1)c1ccncc1. The first kappa shape index (κ1) is 18.7. The molecule has 1 aromatic heterocycles. The Kier molecular flexibility index (Phi) is 6.60. The predicted octanol–water partition coefficient (Wildman–Crippen LogP) is 3.91. The van der Waals surface area contributed by atoms with E-state index in [0.29, 0.717) is 12.1 Å². The fourth-order valence-corrected chi connectivity index (χ4v) is 3.10. The largest absolute Gasteiger partial charge is 0.444 e. The van der Waals surface area contributed by atoms with Gasteiger partial charge < -0.3 is 15.0 Å². The van der Waals surface area contributed by atoms with E-state index in [4.69, 9.17) is 4.74 Å². The molecule has 0 saturated carbocycles. The molecular formula is C19H31N3O2. The van der Waals surface area contributed by atoms with Crippen molar-refractivity contribution >= 4 is 6.09 Å². The Hall–Kier alpha value is -1.62. The molecule has 2 heterocycles. The molecule has 0 spiro atoms. The number of hydrogen-bond donors (Lipinski definition) is 1. The maximum atomic E-state index is 12.2. The second-order valence-corrected chi connectivity index (χ2v) is 7.50. The van der Waals surface area contributed by atoms with Gasteiger partial charge in [0.1, 0.15) is 5.60 Å². The highest BCUT2D eigenvalue weighted by Crippen LogP contribution is 2.21. The topological polar surface area (TPSA) is 54.5 Å². The van der Waals surface area contributed by atoms with Crippen molar-refractivity contribution in [3.05, 3.63) is 30.1 Å². The van der Waals surface area contributed by atoms with Crippen LogP contribution in [-0.2, 0) is 4.74 Å². The van der Waals surface area contributed by atoms with E-state index in [9.17, 15) is 4.79 Å². The van der Waals surface area contributed by atoms with Crippen molar-refractivity contribution in [1.29, 1.82) is 0 Å². The van der Waals surface area contributed by atoms with Crippen molar-refractivity contribution in [3.63, 3.8) is 0 Å². The molecule has 0 radical (unpaired) electrons. The molecule has 134 valence electrons. The van der Waals surface area contributed by atoms with Gasteiger partial charge in [0.25, 0.3) is 0 Å². The summed E-state index contributed by atoms with van der Waals surface area (Å²) in [6.45, 7) is 9.45. The molecule has 2 atom stereocenters. The number of ether oxygens (including phenoxy) is 1. The van der Waals surface area contributed by atoms with E-state index in [1.807, 2.05) is 38.1 Å². The van der Waals surface area contributed by atoms with Crippen molar-refractivity contribution in [1.82, 2.24) is 15.2 Å². The Balaban J connectivity index is 1.89. The number of likely N-dealkylation sites (tertiary alicyclic amines) is 1. The van der Waals surface area contributed by atoms with Crippen molar-refractivity contribution < 1.29 is 9.53 Å². The van der Waals surface area contributed by atoms with Gasteiger partial charge in [-0.3, -0.25) is 4.98 Å². The number of pyridine rings is 1. The molecule has 1 N–H and O–H groups in total. The quantitative estimate of drug-likeness (QED) is 0.907. The van der Waals surface area contributed by atoms with Crippen LogP contribution in [0.2, 0.25) is 0 Å². The fourth-order valence-electron chi connectivity index (χ4n) is 3.10. The number of nitrogens with one attached hydrogen (secondary N) is 1. The highest BCUT2D eigenvalue weighted by atomic mass is 16.6. The molecule has 1 aliphatic heterocycles. The highest BCUT2D eigenvalue weighted by molar-refractivity contribution is 5.68. The van der Waals surface area contributed by atoms with Crippen LogP contribution in [-0.4, -0.2) is 40.7 Å². The van der Waals surface area contributed by atoms with Gasteiger partial charge in [-0.1, -0.05) is 6.92 Å². The Morgan fingerprint density at radius 2 is 2.04 bits per heavy atom. The molecule has 0 unspecified atom stereocenters. The van der Waals surface area contributed by atoms with Crippen LogP contribution in [0.4, 0.5) is 4.79 Å². The van der Waals surface area contributed by atoms with Crippen LogP contribution in [0.1, 0.15) is 65.0 Å². The van der Waals surface area contributed by atoms with Crippen LogP contribution in [0.5, 0.6) is 0 Å². The first-order valence-electron chi connectivity index (χ1n) is 9.03. The second-order valence-electron chi connectivity index (χ2n) is 7.50. The fraction of sp³-hybridized carbons (Fsp3) is 0.684. The molecule has 0 aromatic carbocycles. The Bertz CT molecular complexity index is 513. The van der Waals surface area contributed by atoms with Gasteiger partial charge in [-0.2, -0.15) is 0 Å². The lowest BCUT2D eigenvalue weighted by atomic mass is 10.0. The van der Waals surface area contributed by atoms with E-state index < -0.39 is 5.60 Å². The third-order valence-electron chi connectivity index (χ3n) is 4.33. The number of rotatable bonds is 4. The summed E-state index contributed by atoms with van der Waals surface area (Å²) in [5, 5.41) is 3.76. The van der Waals surface area contributed by atoms with Crippen LogP contribution >= 0.6 is 0 Å². The second kappa shape index (κ2) is 8.47. The van der Waals surface area contributed by atoms with Crippen molar-refractivity contribution in [2.24, 2.45) is 0 Å². The average molecular weight is 333 g/mol. The van der Waals surface area contributed by atoms with E-state index in [2.05, 4.69) is 29.4 Å². The lowest BCUT2D eigenvalue weighted by Crippen LogP contribution is -2.38. The predicted molar refractivity (Wildman–Crippen MR) is 95.9 cm³/mol. The molecular weight excluding hydrogens is 302 g/mol. The molecule has 0 bridgehead atoms. The first-order valence-corrected chi connectivity index (χ1v) is 9.03. The van der Waals surface area contributed by atoms with Gasteiger partial charge in [0.2, 0.25) is 0 Å². The molecule has 5 heteroatoms. The summed E-state index contributed by atoms with van der Waals surface area (Å²) < 4.78 is 5.50. The zero-order valence-corrected chi connectivity index (χ0v) is 15.4. The summed E-state index contributed by atoms with van der Waals surface area (Å²) in [5.41, 5.74) is 0.844. The van der Waals surface area contributed by atoms with Crippen molar-refractivity contribution in [2.75, 3.05) is 13.1 Å². The number of carbonyl (C=O) groups is 1. The van der Waals surface area contributed by atoms with Crippen LogP contribution in [0.25, 0.3) is 0 Å². The van der Waals surface area contributed by atoms with Gasteiger partial charge in [0, 0.05) is 37.6 Å². The van der Waals surface area contributed by atoms with Crippen LogP contribution < -0.4 is 5.32 Å². The third-order valence-corrected chi connectivity index (χ3v) is 4.33. The number of hydrogen-bond acceptors (Lipinski definition) is 4. The summed E-state index contributed by atoms with van der Waals surface area (Å²) in [6, 6.07) is 4.91. The zero-order valence-electron chi connectivity index (χ0n) is 15.4. The van der Waals surface area contributed by atoms with Gasteiger partial charge in [-0.05, 0) is 64.2 Å². The number of aromatic nitrogens is 1. The summed E-state index contributed by atoms with van der Waals surface area (Å²) >= 11 is 0. The van der Waals surface area contributed by atoms with E-state index in [1.165, 1.54) is 5.56 Å². The van der Waals surface area contributed by atoms with Crippen molar-refractivity contribution in [3.8, 4) is 0 Å². The monoisotopic (exact) mass is 333 g/mol. The molecule has 1 saturated heterocycles. The van der Waals surface area contributed by atoms with Crippen LogP contribution in [0.15, 0.2) is 24.5 Å². The molecule has 1 amide bonds. The highest BCUT2D eigenvalue weighted by Gasteiger charge is 2.26. The number of nitrogens with zero attached hydrogens (tertiary/aromatic N) is 2. The molecule has 5 nitrogen and oxygen atoms in total. The van der Waals surface area contributed by atoms with Crippen LogP contribution in [0.3, 0.4) is 0 Å². The normalized spacial score (nSPS) is 20.3. The smallest absolute Gasteiger partial charge is 0.410 e. The summed E-state index contributed by atoms with van der Waals surface area (Å²) in [6.07, 6.45) is 7.58. The summed E-state index contributed by atoms with van der Waals surface area (Å²) in [5.74, 6) is 0. The number of amides is 1. The zero-order chi connectivity index (χ0) is 17.6. The van der Waals surface area contributed by atoms with E-state index in [1.54, 1.807) is 0 Å². The van der Waals surface area contributed by atoms with E-state index >= 15 is 0 Å². The molecule has 24 heavy (non-hydrogen) atoms. The first-order chi connectivity index (χ1) is 11.4. The lowest BCUT2D eigenvalue weighted by Gasteiger charge is -2.27. The third kappa shape index (κ3) is 5.78. The lowest BCUT2D eigenvalue weighted by molar-refractivity contribution is 0.0256. The van der Waals surface area contributed by atoms with Gasteiger partial charge in [0.05, 0.1) is 0 Å². The molecule has 1 fully saturated rings. The standard InChI is InChI=1S/C19H31N3O2/c1-5-17(15-8-11-20-12-9-15)21-16-7-6-13-22(14-10-16)18(23)24-19(2,3)4/h8-9,11-12,16-17,21H,5-7,10,13-14H2,1-4H3/t16-,17+/m0/s1. The van der Waals surface area contributed by atoms with Gasteiger partial charge in [0.15, 0.2) is 0 Å². The molecule has 2 rings (SSSR count). The maximum Gasteiger partial charge on any atom is 0.410 e. The van der Waals surface area contributed by atoms with Crippen LogP contribution in [0, 0.1) is 0 Å². The minimum atomic E-state index is -0.435. The number of carbonyl (C=O) groups excluding carboxylic acids is 1. The average Bonchev–Trinajstić information content (AvgIpc) is 2.77. The summed E-state index contributed by atoms with van der Waals surface area (Å²) in [4.78, 5) is 18.2. The Morgan fingerprint density at radius 3 is 2.67 bits per heavy atom. The Morgan fingerprint density at radius 1 is 1.33 bits per heavy atom. The molecule has 0 aliphatic carbocycles. The van der Waals surface area contributed by atoms with Gasteiger partial charge >= 0.3 is 6.09 Å². The van der Waals surface area contributed by atoms with Gasteiger partial charge in [-0.15, -0.1) is 0 Å². The maximum absolute atomic E-state index is 12.2.